The first-order valence-corrected chi connectivity index (χ1v) is 6.62. The second-order valence-corrected chi connectivity index (χ2v) is 6.42. The largest absolute Gasteiger partial charge is 0.388 e. The normalized spacial score (nSPS) is 25.7. The van der Waals surface area contributed by atoms with Crippen LogP contribution in [0.5, 0.6) is 0 Å². The van der Waals surface area contributed by atoms with Crippen LogP contribution < -0.4 is 5.32 Å². The van der Waals surface area contributed by atoms with E-state index in [4.69, 9.17) is 0 Å². The highest BCUT2D eigenvalue weighted by atomic mass is 32.2. The van der Waals surface area contributed by atoms with Crippen LogP contribution in [0.2, 0.25) is 0 Å². The lowest BCUT2D eigenvalue weighted by atomic mass is 9.91. The zero-order valence-corrected chi connectivity index (χ0v) is 11.7. The molecule has 1 aliphatic heterocycles. The number of thioether (sulfide) groups is 1. The first kappa shape index (κ1) is 14.0. The Bertz CT molecular complexity index is 554. The van der Waals surface area contributed by atoms with Gasteiger partial charge in [-0.15, -0.1) is 0 Å². The fraction of sp³-hybridized carbons (Fsp3) is 0.385. The molecule has 1 fully saturated rings. The number of amides is 1. The highest BCUT2D eigenvalue weighted by molar-refractivity contribution is 8.16. The van der Waals surface area contributed by atoms with Crippen LogP contribution in [0.4, 0.5) is 10.1 Å². The molecule has 0 aliphatic carbocycles. The van der Waals surface area contributed by atoms with Gasteiger partial charge < -0.3 is 10.4 Å². The average Bonchev–Trinajstić information content (AvgIpc) is 2.58. The van der Waals surface area contributed by atoms with E-state index in [-0.39, 0.29) is 11.6 Å². The summed E-state index contributed by atoms with van der Waals surface area (Å²) < 4.78 is 12.4. The summed E-state index contributed by atoms with van der Waals surface area (Å²) in [6, 6.07) is 6.06. The van der Waals surface area contributed by atoms with E-state index in [0.29, 0.717) is 5.17 Å². The first-order chi connectivity index (χ1) is 8.74. The average molecular weight is 282 g/mol. The molecule has 0 aromatic heterocycles. The monoisotopic (exact) mass is 282 g/mol. The molecule has 1 aromatic carbocycles. The minimum absolute atomic E-state index is 0.158. The molecule has 1 amide bonds. The van der Waals surface area contributed by atoms with Gasteiger partial charge in [0.05, 0.1) is 5.60 Å². The molecule has 0 saturated carbocycles. The number of para-hydroxylation sites is 1. The summed E-state index contributed by atoms with van der Waals surface area (Å²) >= 11 is 1.10. The molecule has 6 heteroatoms. The molecule has 2 rings (SSSR count). The number of nitrogens with zero attached hydrogens (tertiary/aromatic N) is 1. The van der Waals surface area contributed by atoms with Crippen LogP contribution in [0.3, 0.4) is 0 Å². The van der Waals surface area contributed by atoms with Crippen molar-refractivity contribution in [1.29, 1.82) is 0 Å². The Balaban J connectivity index is 2.32. The molecular formula is C13H15FN2O2S. The third kappa shape index (κ3) is 2.50. The van der Waals surface area contributed by atoms with E-state index in [0.717, 1.165) is 11.8 Å². The topological polar surface area (TPSA) is 61.7 Å². The van der Waals surface area contributed by atoms with E-state index in [1.807, 2.05) is 0 Å². The molecule has 2 N–H and O–H groups in total. The lowest BCUT2D eigenvalue weighted by Crippen LogP contribution is -2.50. The lowest BCUT2D eigenvalue weighted by molar-refractivity contribution is -0.126. The Hall–Kier alpha value is -1.40. The van der Waals surface area contributed by atoms with Gasteiger partial charge in [0, 0.05) is 0 Å². The maximum absolute atomic E-state index is 13.5. The van der Waals surface area contributed by atoms with Gasteiger partial charge in [0.2, 0.25) is 5.91 Å². The number of hydrogen-bond donors (Lipinski definition) is 2. The Morgan fingerprint density at radius 1 is 1.42 bits per heavy atom. The fourth-order valence-corrected chi connectivity index (χ4v) is 2.65. The van der Waals surface area contributed by atoms with Gasteiger partial charge in [-0.2, -0.15) is 0 Å². The molecule has 0 spiro atoms. The van der Waals surface area contributed by atoms with Gasteiger partial charge in [0.25, 0.3) is 0 Å². The number of amidine groups is 1. The summed E-state index contributed by atoms with van der Waals surface area (Å²) in [5.41, 5.74) is -1.06. The molecule has 102 valence electrons. The SMILES string of the molecule is CC(C)(O)C1(C)SC(=Nc2ccccc2F)NC1=O. The number of carbonyl (C=O) groups is 1. The Morgan fingerprint density at radius 3 is 2.58 bits per heavy atom. The number of carbonyl (C=O) groups excluding carboxylic acids is 1. The van der Waals surface area contributed by atoms with Crippen molar-refractivity contribution in [2.24, 2.45) is 4.99 Å². The van der Waals surface area contributed by atoms with Gasteiger partial charge in [0.1, 0.15) is 16.3 Å². The maximum atomic E-state index is 13.5. The fourth-order valence-electron chi connectivity index (χ4n) is 1.59. The number of rotatable bonds is 2. The molecule has 1 aliphatic rings. The van der Waals surface area contributed by atoms with E-state index >= 15 is 0 Å². The van der Waals surface area contributed by atoms with Gasteiger partial charge in [0.15, 0.2) is 5.17 Å². The Labute approximate surface area is 115 Å². The number of halogens is 1. The summed E-state index contributed by atoms with van der Waals surface area (Å²) in [4.78, 5) is 16.0. The lowest BCUT2D eigenvalue weighted by Gasteiger charge is -2.32. The van der Waals surface area contributed by atoms with Crippen LogP contribution in [0, 0.1) is 5.82 Å². The summed E-state index contributed by atoms with van der Waals surface area (Å²) in [7, 11) is 0. The summed E-state index contributed by atoms with van der Waals surface area (Å²) in [6.45, 7) is 4.76. The van der Waals surface area contributed by atoms with E-state index in [1.165, 1.54) is 12.1 Å². The molecule has 1 unspecified atom stereocenters. The minimum atomic E-state index is -1.21. The molecule has 1 saturated heterocycles. The van der Waals surface area contributed by atoms with Gasteiger partial charge in [-0.3, -0.25) is 4.79 Å². The molecule has 0 radical (unpaired) electrons. The van der Waals surface area contributed by atoms with Crippen LogP contribution in [0.25, 0.3) is 0 Å². The number of hydrogen-bond acceptors (Lipinski definition) is 4. The first-order valence-electron chi connectivity index (χ1n) is 5.80. The minimum Gasteiger partial charge on any atom is -0.388 e. The van der Waals surface area contributed by atoms with Crippen molar-refractivity contribution < 1.29 is 14.3 Å². The number of aliphatic imine (C=N–C) groups is 1. The Morgan fingerprint density at radius 2 is 2.05 bits per heavy atom. The van der Waals surface area contributed by atoms with Crippen LogP contribution in [0.15, 0.2) is 29.3 Å². The van der Waals surface area contributed by atoms with Crippen molar-refractivity contribution in [3.05, 3.63) is 30.1 Å². The standard InChI is InChI=1S/C13H15FN2O2S/c1-12(2,18)13(3)10(17)16-11(19-13)15-9-7-5-4-6-8(9)14/h4-7,18H,1-3H3,(H,15,16,17). The maximum Gasteiger partial charge on any atom is 0.245 e. The highest BCUT2D eigenvalue weighted by Crippen LogP contribution is 2.41. The predicted octanol–water partition coefficient (Wildman–Crippen LogP) is 2.21. The van der Waals surface area contributed by atoms with Gasteiger partial charge >= 0.3 is 0 Å². The van der Waals surface area contributed by atoms with Crippen LogP contribution in [-0.2, 0) is 4.79 Å². The Kier molecular flexibility index (Phi) is 3.40. The zero-order valence-electron chi connectivity index (χ0n) is 10.9. The van der Waals surface area contributed by atoms with E-state index < -0.39 is 16.2 Å². The number of nitrogens with one attached hydrogen (secondary N) is 1. The van der Waals surface area contributed by atoms with E-state index in [2.05, 4.69) is 10.3 Å². The van der Waals surface area contributed by atoms with Gasteiger partial charge in [-0.25, -0.2) is 9.38 Å². The van der Waals surface area contributed by atoms with Gasteiger partial charge in [-0.05, 0) is 32.9 Å². The zero-order chi connectivity index (χ0) is 14.3. The van der Waals surface area contributed by atoms with Crippen LogP contribution in [0.1, 0.15) is 20.8 Å². The molecule has 1 atom stereocenters. The van der Waals surface area contributed by atoms with Crippen molar-refractivity contribution >= 4 is 28.5 Å². The smallest absolute Gasteiger partial charge is 0.245 e. The second-order valence-electron chi connectivity index (χ2n) is 5.02. The predicted molar refractivity (Wildman–Crippen MR) is 73.9 cm³/mol. The summed E-state index contributed by atoms with van der Waals surface area (Å²) in [6.07, 6.45) is 0. The van der Waals surface area contributed by atoms with E-state index in [1.54, 1.807) is 32.9 Å². The van der Waals surface area contributed by atoms with Crippen LogP contribution >= 0.6 is 11.8 Å². The third-order valence-electron chi connectivity index (χ3n) is 3.20. The third-order valence-corrected chi connectivity index (χ3v) is 4.68. The van der Waals surface area contributed by atoms with Crippen molar-refractivity contribution in [3.8, 4) is 0 Å². The molecule has 19 heavy (non-hydrogen) atoms. The second kappa shape index (κ2) is 4.61. The van der Waals surface area contributed by atoms with Crippen molar-refractivity contribution in [2.75, 3.05) is 0 Å². The molecule has 4 nitrogen and oxygen atoms in total. The summed E-state index contributed by atoms with van der Waals surface area (Å²) in [5.74, 6) is -0.790. The summed E-state index contributed by atoms with van der Waals surface area (Å²) in [5, 5.41) is 12.9. The number of aliphatic hydroxyl groups is 1. The van der Waals surface area contributed by atoms with Crippen LogP contribution in [-0.4, -0.2) is 26.5 Å². The highest BCUT2D eigenvalue weighted by Gasteiger charge is 2.52. The van der Waals surface area contributed by atoms with Crippen molar-refractivity contribution in [3.63, 3.8) is 0 Å². The molecule has 0 bridgehead atoms. The van der Waals surface area contributed by atoms with Crippen molar-refractivity contribution in [2.45, 2.75) is 31.1 Å². The molecular weight excluding hydrogens is 267 g/mol. The van der Waals surface area contributed by atoms with Crippen molar-refractivity contribution in [1.82, 2.24) is 5.32 Å². The molecule has 1 heterocycles. The molecule has 1 aromatic rings. The quantitative estimate of drug-likeness (QED) is 0.874. The number of benzene rings is 1. The van der Waals surface area contributed by atoms with E-state index in [9.17, 15) is 14.3 Å². The van der Waals surface area contributed by atoms with Gasteiger partial charge in [-0.1, -0.05) is 23.9 Å².